The number of carbonyl (C=O) groups excluding carboxylic acids is 1. The summed E-state index contributed by atoms with van der Waals surface area (Å²) in [5.41, 5.74) is 9.67. The van der Waals surface area contributed by atoms with Crippen LogP contribution in [0.1, 0.15) is 21.8 Å². The van der Waals surface area contributed by atoms with Gasteiger partial charge in [0.25, 0.3) is 5.91 Å². The minimum absolute atomic E-state index is 0.217. The standard InChI is InChI=1S/C22H24N6O2S/c1-14-26-17(13-31-14)11-28-8-9-30-20(12-28)22(29)27-16-2-3-19(23)18(10-16)21(24)15-4-6-25-7-5-15/h2-7,10,13,20,24H,8-9,11-12,23H2,1H3,(H,27,29). The molecule has 1 fully saturated rings. The van der Waals surface area contributed by atoms with Crippen LogP contribution < -0.4 is 11.1 Å². The molecule has 1 unspecified atom stereocenters. The van der Waals surface area contributed by atoms with E-state index in [1.54, 1.807) is 54.1 Å². The van der Waals surface area contributed by atoms with Crippen LogP contribution in [0.3, 0.4) is 0 Å². The smallest absolute Gasteiger partial charge is 0.254 e. The molecule has 3 heterocycles. The summed E-state index contributed by atoms with van der Waals surface area (Å²) in [6.07, 6.45) is 2.68. The molecule has 0 bridgehead atoms. The molecular weight excluding hydrogens is 412 g/mol. The SMILES string of the molecule is Cc1nc(CN2CCOC(C(=O)Nc3ccc(N)c(C(=N)c4ccncc4)c3)C2)cs1. The van der Waals surface area contributed by atoms with Gasteiger partial charge in [0.2, 0.25) is 0 Å². The highest BCUT2D eigenvalue weighted by atomic mass is 32.1. The molecule has 0 aliphatic carbocycles. The number of hydrogen-bond donors (Lipinski definition) is 3. The second kappa shape index (κ2) is 9.34. The van der Waals surface area contributed by atoms with E-state index >= 15 is 0 Å². The molecule has 0 spiro atoms. The largest absolute Gasteiger partial charge is 0.398 e. The number of nitrogens with zero attached hydrogens (tertiary/aromatic N) is 3. The summed E-state index contributed by atoms with van der Waals surface area (Å²) in [5, 5.41) is 14.5. The number of amides is 1. The predicted octanol–water partition coefficient (Wildman–Crippen LogP) is 2.68. The highest BCUT2D eigenvalue weighted by Crippen LogP contribution is 2.22. The number of hydrogen-bond acceptors (Lipinski definition) is 8. The molecule has 1 aromatic carbocycles. The zero-order valence-electron chi connectivity index (χ0n) is 17.2. The summed E-state index contributed by atoms with van der Waals surface area (Å²) >= 11 is 1.63. The normalized spacial score (nSPS) is 16.7. The van der Waals surface area contributed by atoms with Crippen LogP contribution in [-0.2, 0) is 16.1 Å². The minimum Gasteiger partial charge on any atom is -0.398 e. The van der Waals surface area contributed by atoms with Crippen molar-refractivity contribution in [3.05, 3.63) is 69.9 Å². The lowest BCUT2D eigenvalue weighted by Gasteiger charge is -2.31. The zero-order chi connectivity index (χ0) is 21.8. The van der Waals surface area contributed by atoms with Crippen LogP contribution in [-0.4, -0.2) is 52.3 Å². The Kier molecular flexibility index (Phi) is 6.36. The molecular formula is C22H24N6O2S. The second-order valence-corrected chi connectivity index (χ2v) is 8.42. The van der Waals surface area contributed by atoms with Crippen molar-refractivity contribution in [3.63, 3.8) is 0 Å². The van der Waals surface area contributed by atoms with Crippen molar-refractivity contribution >= 4 is 34.3 Å². The Morgan fingerprint density at radius 3 is 2.90 bits per heavy atom. The van der Waals surface area contributed by atoms with Crippen LogP contribution in [0.25, 0.3) is 0 Å². The maximum absolute atomic E-state index is 12.8. The number of aryl methyl sites for hydroxylation is 1. The lowest BCUT2D eigenvalue weighted by atomic mass is 10.0. The summed E-state index contributed by atoms with van der Waals surface area (Å²) in [5.74, 6) is -0.217. The van der Waals surface area contributed by atoms with Crippen LogP contribution in [0.15, 0.2) is 48.1 Å². The van der Waals surface area contributed by atoms with E-state index in [9.17, 15) is 4.79 Å². The summed E-state index contributed by atoms with van der Waals surface area (Å²) in [6, 6.07) is 8.64. The number of nitrogens with two attached hydrogens (primary N) is 1. The number of pyridine rings is 1. The molecule has 31 heavy (non-hydrogen) atoms. The van der Waals surface area contributed by atoms with Crippen LogP contribution in [0, 0.1) is 12.3 Å². The van der Waals surface area contributed by atoms with Crippen molar-refractivity contribution in [2.45, 2.75) is 19.6 Å². The van der Waals surface area contributed by atoms with Gasteiger partial charge in [0, 0.05) is 59.9 Å². The van der Waals surface area contributed by atoms with Gasteiger partial charge in [-0.05, 0) is 37.3 Å². The van der Waals surface area contributed by atoms with E-state index in [-0.39, 0.29) is 11.6 Å². The Balaban J connectivity index is 1.42. The number of morpholine rings is 1. The number of nitrogens with one attached hydrogen (secondary N) is 2. The van der Waals surface area contributed by atoms with Crippen molar-refractivity contribution in [1.29, 1.82) is 5.41 Å². The van der Waals surface area contributed by atoms with E-state index in [0.29, 0.717) is 42.2 Å². The molecule has 0 radical (unpaired) electrons. The summed E-state index contributed by atoms with van der Waals surface area (Å²) in [4.78, 5) is 23.5. The summed E-state index contributed by atoms with van der Waals surface area (Å²) in [7, 11) is 0. The average molecular weight is 437 g/mol. The van der Waals surface area contributed by atoms with Gasteiger partial charge in [0.1, 0.15) is 6.10 Å². The molecule has 1 amide bonds. The van der Waals surface area contributed by atoms with Crippen molar-refractivity contribution in [1.82, 2.24) is 14.9 Å². The Morgan fingerprint density at radius 2 is 2.16 bits per heavy atom. The number of aromatic nitrogens is 2. The molecule has 8 nitrogen and oxygen atoms in total. The van der Waals surface area contributed by atoms with Crippen molar-refractivity contribution < 1.29 is 9.53 Å². The van der Waals surface area contributed by atoms with Gasteiger partial charge in [-0.1, -0.05) is 0 Å². The fourth-order valence-corrected chi connectivity index (χ4v) is 4.07. The third kappa shape index (κ3) is 5.13. The zero-order valence-corrected chi connectivity index (χ0v) is 18.0. The first-order valence-corrected chi connectivity index (χ1v) is 10.8. The van der Waals surface area contributed by atoms with Gasteiger partial charge in [0.15, 0.2) is 0 Å². The van der Waals surface area contributed by atoms with Gasteiger partial charge >= 0.3 is 0 Å². The first-order valence-electron chi connectivity index (χ1n) is 9.94. The number of benzene rings is 1. The van der Waals surface area contributed by atoms with Gasteiger partial charge < -0.3 is 15.8 Å². The maximum Gasteiger partial charge on any atom is 0.254 e. The Hall–Kier alpha value is -3.14. The lowest BCUT2D eigenvalue weighted by Crippen LogP contribution is -2.47. The molecule has 160 valence electrons. The fourth-order valence-electron chi connectivity index (χ4n) is 3.46. The van der Waals surface area contributed by atoms with Crippen LogP contribution in [0.5, 0.6) is 0 Å². The molecule has 0 saturated carbocycles. The topological polar surface area (TPSA) is 117 Å². The van der Waals surface area contributed by atoms with Crippen molar-refractivity contribution in [2.75, 3.05) is 30.7 Å². The van der Waals surface area contributed by atoms with Crippen LogP contribution in [0.2, 0.25) is 0 Å². The highest BCUT2D eigenvalue weighted by Gasteiger charge is 2.27. The number of thiazole rings is 1. The number of rotatable bonds is 6. The molecule has 2 aromatic heterocycles. The molecule has 4 rings (SSSR count). The first-order chi connectivity index (χ1) is 15.0. The van der Waals surface area contributed by atoms with Crippen molar-refractivity contribution in [2.24, 2.45) is 0 Å². The van der Waals surface area contributed by atoms with Gasteiger partial charge in [-0.15, -0.1) is 11.3 Å². The molecule has 1 aliphatic heterocycles. The van der Waals surface area contributed by atoms with E-state index < -0.39 is 6.10 Å². The van der Waals surface area contributed by atoms with E-state index in [1.807, 2.05) is 12.3 Å². The average Bonchev–Trinajstić information content (AvgIpc) is 3.19. The third-order valence-electron chi connectivity index (χ3n) is 5.05. The van der Waals surface area contributed by atoms with E-state index in [4.69, 9.17) is 15.9 Å². The number of ether oxygens (including phenoxy) is 1. The molecule has 1 saturated heterocycles. The van der Waals surface area contributed by atoms with Crippen LogP contribution >= 0.6 is 11.3 Å². The first kappa shape index (κ1) is 21.1. The fraction of sp³-hybridized carbons (Fsp3) is 0.273. The van der Waals surface area contributed by atoms with Crippen molar-refractivity contribution in [3.8, 4) is 0 Å². The van der Waals surface area contributed by atoms with E-state index in [0.717, 1.165) is 17.2 Å². The van der Waals surface area contributed by atoms with Gasteiger partial charge in [0.05, 0.1) is 23.0 Å². The van der Waals surface area contributed by atoms with E-state index in [2.05, 4.69) is 20.2 Å². The van der Waals surface area contributed by atoms with Gasteiger partial charge in [-0.25, -0.2) is 4.98 Å². The highest BCUT2D eigenvalue weighted by molar-refractivity contribution is 7.09. The number of nitrogen functional groups attached to an aromatic ring is 1. The molecule has 1 atom stereocenters. The Morgan fingerprint density at radius 1 is 1.35 bits per heavy atom. The quantitative estimate of drug-likeness (QED) is 0.404. The minimum atomic E-state index is -0.575. The van der Waals surface area contributed by atoms with E-state index in [1.165, 1.54) is 0 Å². The molecule has 9 heteroatoms. The third-order valence-corrected chi connectivity index (χ3v) is 5.88. The number of anilines is 2. The molecule has 4 N–H and O–H groups in total. The lowest BCUT2D eigenvalue weighted by molar-refractivity contribution is -0.133. The predicted molar refractivity (Wildman–Crippen MR) is 122 cm³/mol. The number of carbonyl (C=O) groups is 1. The maximum atomic E-state index is 12.8. The summed E-state index contributed by atoms with van der Waals surface area (Å²) in [6.45, 7) is 4.43. The Labute approximate surface area is 184 Å². The monoisotopic (exact) mass is 436 g/mol. The van der Waals surface area contributed by atoms with Gasteiger partial charge in [-0.2, -0.15) is 0 Å². The second-order valence-electron chi connectivity index (χ2n) is 7.35. The molecule has 3 aromatic rings. The molecule has 1 aliphatic rings. The Bertz CT molecular complexity index is 1080. The summed E-state index contributed by atoms with van der Waals surface area (Å²) < 4.78 is 5.71. The van der Waals surface area contributed by atoms with Gasteiger partial charge in [-0.3, -0.25) is 20.1 Å². The van der Waals surface area contributed by atoms with Crippen LogP contribution in [0.4, 0.5) is 11.4 Å².